The predicted octanol–water partition coefficient (Wildman–Crippen LogP) is 4.28. The summed E-state index contributed by atoms with van der Waals surface area (Å²) in [5.41, 5.74) is 2.42. The molecule has 4 nitrogen and oxygen atoms in total. The minimum absolute atomic E-state index is 0.256. The molecule has 0 radical (unpaired) electrons. The summed E-state index contributed by atoms with van der Waals surface area (Å²) in [5, 5.41) is 12.8. The van der Waals surface area contributed by atoms with Gasteiger partial charge in [-0.3, -0.25) is 4.79 Å². The topological polar surface area (TPSA) is 62.1 Å². The molecule has 0 aliphatic heterocycles. The molecule has 0 bridgehead atoms. The van der Waals surface area contributed by atoms with E-state index in [-0.39, 0.29) is 11.5 Å². The smallest absolute Gasteiger partial charge is 0.255 e. The van der Waals surface area contributed by atoms with Crippen LogP contribution in [0.3, 0.4) is 0 Å². The number of nitriles is 1. The molecule has 0 unspecified atom stereocenters. The molecule has 0 atom stereocenters. The number of rotatable bonds is 5. The maximum absolute atomic E-state index is 12.0. The minimum Gasteiger partial charge on any atom is -0.497 e. The highest BCUT2D eigenvalue weighted by atomic mass is 32.1. The van der Waals surface area contributed by atoms with Gasteiger partial charge in [-0.15, -0.1) is 11.3 Å². The van der Waals surface area contributed by atoms with Crippen LogP contribution < -0.4 is 10.1 Å². The van der Waals surface area contributed by atoms with Gasteiger partial charge in [0.15, 0.2) is 0 Å². The second-order valence-corrected chi connectivity index (χ2v) is 5.99. The Morgan fingerprint density at radius 1 is 1.39 bits per heavy atom. The van der Waals surface area contributed by atoms with Gasteiger partial charge in [0.25, 0.3) is 5.91 Å². The molecule has 5 heteroatoms. The van der Waals surface area contributed by atoms with Crippen LogP contribution in [-0.4, -0.2) is 13.0 Å². The predicted molar refractivity (Wildman–Crippen MR) is 93.7 cm³/mol. The fourth-order valence-electron chi connectivity index (χ4n) is 2.12. The van der Waals surface area contributed by atoms with E-state index in [9.17, 15) is 10.1 Å². The van der Waals surface area contributed by atoms with Crippen molar-refractivity contribution in [1.29, 1.82) is 5.26 Å². The first kappa shape index (κ1) is 16.5. The molecular weight excluding hydrogens is 308 g/mol. The average molecular weight is 324 g/mol. The van der Waals surface area contributed by atoms with Crippen LogP contribution in [0.15, 0.2) is 49.1 Å². The van der Waals surface area contributed by atoms with Gasteiger partial charge in [0.05, 0.1) is 12.7 Å². The normalized spacial score (nSPS) is 9.78. The number of carbonyl (C=O) groups is 1. The van der Waals surface area contributed by atoms with Gasteiger partial charge in [-0.25, -0.2) is 0 Å². The summed E-state index contributed by atoms with van der Waals surface area (Å²) in [4.78, 5) is 12.9. The lowest BCUT2D eigenvalue weighted by atomic mass is 10.0. The quantitative estimate of drug-likeness (QED) is 0.659. The lowest BCUT2D eigenvalue weighted by Crippen LogP contribution is -2.12. The second-order valence-electron chi connectivity index (χ2n) is 4.76. The van der Waals surface area contributed by atoms with Crippen molar-refractivity contribution in [2.45, 2.75) is 6.92 Å². The van der Waals surface area contributed by atoms with E-state index in [1.165, 1.54) is 17.4 Å². The highest BCUT2D eigenvalue weighted by Crippen LogP contribution is 2.39. The Morgan fingerprint density at radius 3 is 2.57 bits per heavy atom. The third-order valence-corrected chi connectivity index (χ3v) is 4.36. The zero-order valence-corrected chi connectivity index (χ0v) is 13.8. The maximum Gasteiger partial charge on any atom is 0.255 e. The van der Waals surface area contributed by atoms with Crippen LogP contribution in [0.5, 0.6) is 5.75 Å². The Kier molecular flexibility index (Phi) is 4.99. The first-order valence-corrected chi connectivity index (χ1v) is 7.64. The van der Waals surface area contributed by atoms with Crippen LogP contribution in [-0.2, 0) is 4.79 Å². The summed E-state index contributed by atoms with van der Waals surface area (Å²) in [6, 6.07) is 9.64. The minimum atomic E-state index is -0.362. The first-order chi connectivity index (χ1) is 11.0. The zero-order chi connectivity index (χ0) is 17.0. The standard InChI is InChI=1S/C18H16N2O2S/c1-5-11(2)17(21)20-18-15(10-19)16(12(3)23-18)13-6-8-14(22-4)9-7-13/h5-9H,1-2H2,3-4H3,(H,20,21). The number of thiophene rings is 1. The van der Waals surface area contributed by atoms with Crippen molar-refractivity contribution in [3.63, 3.8) is 0 Å². The third-order valence-electron chi connectivity index (χ3n) is 3.34. The molecular formula is C18H16N2O2S. The average Bonchev–Trinajstić information content (AvgIpc) is 2.89. The van der Waals surface area contributed by atoms with Gasteiger partial charge in [0.1, 0.15) is 16.8 Å². The van der Waals surface area contributed by atoms with Crippen LogP contribution in [0, 0.1) is 18.3 Å². The van der Waals surface area contributed by atoms with E-state index < -0.39 is 0 Å². The summed E-state index contributed by atoms with van der Waals surface area (Å²) < 4.78 is 5.15. The van der Waals surface area contributed by atoms with E-state index in [2.05, 4.69) is 24.5 Å². The van der Waals surface area contributed by atoms with Crippen molar-refractivity contribution < 1.29 is 9.53 Å². The van der Waals surface area contributed by atoms with Crippen LogP contribution >= 0.6 is 11.3 Å². The third kappa shape index (κ3) is 3.33. The van der Waals surface area contributed by atoms with E-state index >= 15 is 0 Å². The molecule has 0 aliphatic carbocycles. The summed E-state index contributed by atoms with van der Waals surface area (Å²) >= 11 is 1.37. The Bertz CT molecular complexity index is 811. The number of ether oxygens (including phenoxy) is 1. The molecule has 1 aromatic carbocycles. The number of methoxy groups -OCH3 is 1. The number of nitrogens with one attached hydrogen (secondary N) is 1. The second kappa shape index (κ2) is 6.95. The van der Waals surface area contributed by atoms with Gasteiger partial charge in [-0.1, -0.05) is 31.4 Å². The van der Waals surface area contributed by atoms with Crippen LogP contribution in [0.4, 0.5) is 5.00 Å². The first-order valence-electron chi connectivity index (χ1n) is 6.82. The highest BCUT2D eigenvalue weighted by molar-refractivity contribution is 7.17. The van der Waals surface area contributed by atoms with Crippen LogP contribution in [0.2, 0.25) is 0 Å². The molecule has 1 N–H and O–H groups in total. The Hall–Kier alpha value is -2.84. The van der Waals surface area contributed by atoms with Gasteiger partial charge in [0, 0.05) is 16.0 Å². The van der Waals surface area contributed by atoms with Crippen LogP contribution in [0.1, 0.15) is 10.4 Å². The van der Waals surface area contributed by atoms with Gasteiger partial charge >= 0.3 is 0 Å². The van der Waals surface area contributed by atoms with Crippen molar-refractivity contribution in [3.8, 4) is 22.9 Å². The lowest BCUT2D eigenvalue weighted by molar-refractivity contribution is -0.112. The molecule has 0 saturated heterocycles. The molecule has 2 aromatic rings. The molecule has 2 rings (SSSR count). The fourth-order valence-corrected chi connectivity index (χ4v) is 3.14. The van der Waals surface area contributed by atoms with E-state index in [0.29, 0.717) is 10.6 Å². The molecule has 0 spiro atoms. The number of anilines is 1. The molecule has 1 amide bonds. The SMILES string of the molecule is C=CC(=C)C(=O)Nc1sc(C)c(-c2ccc(OC)cc2)c1C#N. The van der Waals surface area contributed by atoms with Crippen molar-refractivity contribution in [2.75, 3.05) is 12.4 Å². The van der Waals surface area contributed by atoms with Crippen molar-refractivity contribution in [1.82, 2.24) is 0 Å². The highest BCUT2D eigenvalue weighted by Gasteiger charge is 2.19. The molecule has 0 fully saturated rings. The van der Waals surface area contributed by atoms with Gasteiger partial charge in [0.2, 0.25) is 0 Å². The van der Waals surface area contributed by atoms with Crippen molar-refractivity contribution in [2.24, 2.45) is 0 Å². The summed E-state index contributed by atoms with van der Waals surface area (Å²) in [6.07, 6.45) is 1.38. The number of amides is 1. The van der Waals surface area contributed by atoms with Crippen molar-refractivity contribution in [3.05, 3.63) is 59.5 Å². The number of carbonyl (C=O) groups excluding carboxylic acids is 1. The van der Waals surface area contributed by atoms with E-state index in [4.69, 9.17) is 4.74 Å². The van der Waals surface area contributed by atoms with Gasteiger partial charge < -0.3 is 10.1 Å². The molecule has 1 heterocycles. The summed E-state index contributed by atoms with van der Waals surface area (Å²) in [5.74, 6) is 0.384. The monoisotopic (exact) mass is 324 g/mol. The van der Waals surface area contributed by atoms with E-state index in [1.54, 1.807) is 7.11 Å². The number of hydrogen-bond donors (Lipinski definition) is 1. The summed E-state index contributed by atoms with van der Waals surface area (Å²) in [6.45, 7) is 9.05. The maximum atomic E-state index is 12.0. The zero-order valence-electron chi connectivity index (χ0n) is 13.0. The Balaban J connectivity index is 2.45. The molecule has 1 aromatic heterocycles. The number of nitrogens with zero attached hydrogens (tertiary/aromatic N) is 1. The number of benzene rings is 1. The van der Waals surface area contributed by atoms with E-state index in [1.807, 2.05) is 31.2 Å². The largest absolute Gasteiger partial charge is 0.497 e. The Morgan fingerprint density at radius 2 is 2.04 bits per heavy atom. The Labute approximate surface area is 139 Å². The van der Waals surface area contributed by atoms with Gasteiger partial charge in [-0.05, 0) is 24.6 Å². The molecule has 23 heavy (non-hydrogen) atoms. The molecule has 0 saturated carbocycles. The lowest BCUT2D eigenvalue weighted by Gasteiger charge is -2.05. The van der Waals surface area contributed by atoms with E-state index in [0.717, 1.165) is 21.8 Å². The fraction of sp³-hybridized carbons (Fsp3) is 0.111. The van der Waals surface area contributed by atoms with Crippen LogP contribution in [0.25, 0.3) is 11.1 Å². The van der Waals surface area contributed by atoms with Crippen molar-refractivity contribution >= 4 is 22.2 Å². The number of aryl methyl sites for hydroxylation is 1. The summed E-state index contributed by atoms with van der Waals surface area (Å²) in [7, 11) is 1.60. The number of hydrogen-bond acceptors (Lipinski definition) is 4. The van der Waals surface area contributed by atoms with Gasteiger partial charge in [-0.2, -0.15) is 5.26 Å². The molecule has 116 valence electrons. The molecule has 0 aliphatic rings.